The third-order valence-corrected chi connectivity index (χ3v) is 12.0. The highest BCUT2D eigenvalue weighted by atomic mass is 15.0. The number of aromatic nitrogens is 3. The van der Waals surface area contributed by atoms with Gasteiger partial charge in [0.15, 0.2) is 17.5 Å². The molecule has 1 aliphatic heterocycles. The van der Waals surface area contributed by atoms with E-state index < -0.39 is 0 Å². The Balaban J connectivity index is 0.000000200. The molecule has 0 saturated heterocycles. The highest BCUT2D eigenvalue weighted by Gasteiger charge is 2.38. The summed E-state index contributed by atoms with van der Waals surface area (Å²) in [5.41, 5.74) is 18.1. The van der Waals surface area contributed by atoms with Crippen molar-refractivity contribution in [1.29, 1.82) is 0 Å². The third-order valence-electron chi connectivity index (χ3n) is 12.0. The fourth-order valence-electron chi connectivity index (χ4n) is 9.24. The number of nitrogens with zero attached hydrogens (tertiary/aromatic N) is 3. The van der Waals surface area contributed by atoms with Gasteiger partial charge in [-0.25, -0.2) is 15.0 Å². The Labute approximate surface area is 329 Å². The molecule has 7 aromatic carbocycles. The summed E-state index contributed by atoms with van der Waals surface area (Å²) in [6, 6.07) is 60.3. The number of hydrogen-bond acceptors (Lipinski definition) is 4. The van der Waals surface area contributed by atoms with Crippen LogP contribution < -0.4 is 5.32 Å². The van der Waals surface area contributed by atoms with Gasteiger partial charge in [-0.15, -0.1) is 0 Å². The number of aryl methyl sites for hydroxylation is 1. The van der Waals surface area contributed by atoms with Gasteiger partial charge in [0.1, 0.15) is 0 Å². The van der Waals surface area contributed by atoms with E-state index in [2.05, 4.69) is 160 Å². The number of para-hydroxylation sites is 2. The maximum absolute atomic E-state index is 5.06. The van der Waals surface area contributed by atoms with Crippen molar-refractivity contribution in [2.75, 3.05) is 5.32 Å². The van der Waals surface area contributed by atoms with Gasteiger partial charge in [0.2, 0.25) is 0 Å². The topological polar surface area (TPSA) is 50.7 Å². The summed E-state index contributed by atoms with van der Waals surface area (Å²) in [6.45, 7) is 6.76. The molecule has 0 radical (unpaired) electrons. The average Bonchev–Trinajstić information content (AvgIpc) is 3.48. The summed E-state index contributed by atoms with van der Waals surface area (Å²) in [6.07, 6.45) is 1.00. The predicted octanol–water partition coefficient (Wildman–Crippen LogP) is 12.4. The average molecular weight is 723 g/mol. The molecule has 1 N–H and O–H groups in total. The van der Waals surface area contributed by atoms with Crippen molar-refractivity contribution < 1.29 is 0 Å². The Kier molecular flexibility index (Phi) is 8.22. The Morgan fingerprint density at radius 2 is 0.982 bits per heavy atom. The van der Waals surface area contributed by atoms with Crippen LogP contribution in [-0.2, 0) is 11.8 Å². The normalized spacial score (nSPS) is 16.3. The molecule has 0 spiro atoms. The molecule has 1 aromatic heterocycles. The van der Waals surface area contributed by atoms with E-state index in [-0.39, 0.29) is 11.3 Å². The van der Waals surface area contributed by atoms with Crippen molar-refractivity contribution in [2.45, 2.75) is 44.4 Å². The number of benzene rings is 7. The second-order valence-corrected chi connectivity index (χ2v) is 15.7. The number of hydrogen-bond donors (Lipinski definition) is 1. The molecular weight excluding hydrogens is 681 g/mol. The monoisotopic (exact) mass is 722 g/mol. The largest absolute Gasteiger partial charge is 0.355 e. The van der Waals surface area contributed by atoms with Gasteiger partial charge >= 0.3 is 0 Å². The maximum Gasteiger partial charge on any atom is 0.164 e. The molecule has 0 saturated carbocycles. The smallest absolute Gasteiger partial charge is 0.164 e. The number of anilines is 2. The highest BCUT2D eigenvalue weighted by molar-refractivity contribution is 5.76. The molecule has 4 heteroatoms. The lowest BCUT2D eigenvalue weighted by Crippen LogP contribution is -2.25. The number of rotatable bonds is 3. The van der Waals surface area contributed by atoms with Crippen molar-refractivity contribution in [3.05, 3.63) is 220 Å². The molecule has 2 bridgehead atoms. The quantitative estimate of drug-likeness (QED) is 0.197. The zero-order valence-electron chi connectivity index (χ0n) is 31.9. The van der Waals surface area contributed by atoms with Crippen molar-refractivity contribution in [1.82, 2.24) is 15.0 Å². The van der Waals surface area contributed by atoms with Crippen molar-refractivity contribution in [3.8, 4) is 34.2 Å². The van der Waals surface area contributed by atoms with Gasteiger partial charge in [-0.1, -0.05) is 166 Å². The van der Waals surface area contributed by atoms with Gasteiger partial charge in [-0.05, 0) is 81.6 Å². The lowest BCUT2D eigenvalue weighted by atomic mass is 9.71. The van der Waals surface area contributed by atoms with Gasteiger partial charge in [0.05, 0.1) is 0 Å². The van der Waals surface area contributed by atoms with Crippen molar-refractivity contribution in [3.63, 3.8) is 0 Å². The van der Waals surface area contributed by atoms with E-state index in [9.17, 15) is 0 Å². The standard InChI is InChI=1S/C37H27N3.C15H15N/c1-23-20-33-32(31-21-26-16-8-9-17-27(26)34(33)29-19-11-10-18-28(29)31)22-30(23)37-39-35(24-12-4-2-5-13-24)38-36(40-37)25-14-6-3-7-15-25;1-15(2)11-7-3-5-9-13(11)16-14-10-6-4-8-12(14)15/h2-20,22,31,34H,21H2,1H3;3-10,16H,1-2H3. The molecule has 12 rings (SSSR count). The molecule has 2 atom stereocenters. The van der Waals surface area contributed by atoms with E-state index in [4.69, 9.17) is 15.0 Å². The first-order valence-corrected chi connectivity index (χ1v) is 19.6. The summed E-state index contributed by atoms with van der Waals surface area (Å²) in [5.74, 6) is 2.65. The van der Waals surface area contributed by atoms with E-state index in [0.717, 1.165) is 28.9 Å². The second kappa shape index (κ2) is 13.6. The summed E-state index contributed by atoms with van der Waals surface area (Å²) in [7, 11) is 0. The SMILES string of the molecule is CC1(C)c2ccccc2Nc2ccccc21.Cc1cc2c(cc1-c1nc(-c3ccccc3)nc(-c3ccccc3)n1)C1Cc3ccccc3C2c2ccccc21. The molecule has 2 unspecified atom stereocenters. The molecule has 0 fully saturated rings. The second-order valence-electron chi connectivity index (χ2n) is 15.7. The van der Waals surface area contributed by atoms with Gasteiger partial charge in [-0.3, -0.25) is 0 Å². The highest BCUT2D eigenvalue weighted by Crippen LogP contribution is 2.53. The Bertz CT molecular complexity index is 2640. The molecule has 0 amide bonds. The molecule has 56 heavy (non-hydrogen) atoms. The first-order chi connectivity index (χ1) is 27.4. The fourth-order valence-corrected chi connectivity index (χ4v) is 9.24. The minimum absolute atomic E-state index is 0.0818. The van der Waals surface area contributed by atoms with Crippen LogP contribution in [0, 0.1) is 6.92 Å². The number of nitrogens with one attached hydrogen (secondary N) is 1. The molecule has 4 aliphatic rings. The van der Waals surface area contributed by atoms with Crippen LogP contribution in [0.3, 0.4) is 0 Å². The van der Waals surface area contributed by atoms with Gasteiger partial charge in [0.25, 0.3) is 0 Å². The Morgan fingerprint density at radius 3 is 1.61 bits per heavy atom. The molecule has 2 heterocycles. The summed E-state index contributed by atoms with van der Waals surface area (Å²) in [5, 5.41) is 3.50. The minimum Gasteiger partial charge on any atom is -0.355 e. The lowest BCUT2D eigenvalue weighted by molar-refractivity contribution is 0.638. The van der Waals surface area contributed by atoms with Crippen LogP contribution in [0.25, 0.3) is 34.2 Å². The van der Waals surface area contributed by atoms with Crippen LogP contribution in [0.4, 0.5) is 11.4 Å². The lowest BCUT2D eigenvalue weighted by Gasteiger charge is -2.35. The predicted molar refractivity (Wildman–Crippen MR) is 229 cm³/mol. The summed E-state index contributed by atoms with van der Waals surface area (Å²) < 4.78 is 0. The van der Waals surface area contributed by atoms with Crippen LogP contribution in [0.2, 0.25) is 0 Å². The number of fused-ring (bicyclic) bond motifs is 2. The first-order valence-electron chi connectivity index (χ1n) is 19.6. The van der Waals surface area contributed by atoms with E-state index in [1.54, 1.807) is 0 Å². The zero-order valence-corrected chi connectivity index (χ0v) is 31.9. The maximum atomic E-state index is 5.06. The van der Waals surface area contributed by atoms with Crippen LogP contribution in [0.5, 0.6) is 0 Å². The van der Waals surface area contributed by atoms with Gasteiger partial charge < -0.3 is 5.32 Å². The van der Waals surface area contributed by atoms with Crippen molar-refractivity contribution >= 4 is 11.4 Å². The van der Waals surface area contributed by atoms with Gasteiger partial charge in [-0.2, -0.15) is 0 Å². The summed E-state index contributed by atoms with van der Waals surface area (Å²) in [4.78, 5) is 15.0. The van der Waals surface area contributed by atoms with Gasteiger partial charge in [0, 0.05) is 45.3 Å². The van der Waals surface area contributed by atoms with E-state index >= 15 is 0 Å². The Morgan fingerprint density at radius 1 is 0.482 bits per heavy atom. The van der Waals surface area contributed by atoms with Crippen LogP contribution in [0.1, 0.15) is 75.8 Å². The van der Waals surface area contributed by atoms with Crippen molar-refractivity contribution in [2.24, 2.45) is 0 Å². The summed E-state index contributed by atoms with van der Waals surface area (Å²) >= 11 is 0. The molecule has 3 aliphatic carbocycles. The van der Waals surface area contributed by atoms with Crippen LogP contribution >= 0.6 is 0 Å². The molecule has 8 aromatic rings. The minimum atomic E-state index is 0.0818. The zero-order chi connectivity index (χ0) is 37.8. The third kappa shape index (κ3) is 5.72. The fraction of sp³-hybridized carbons (Fsp3) is 0.135. The first kappa shape index (κ1) is 33.9. The molecule has 270 valence electrons. The van der Waals surface area contributed by atoms with E-state index in [1.165, 1.54) is 61.4 Å². The van der Waals surface area contributed by atoms with Crippen LogP contribution in [-0.4, -0.2) is 15.0 Å². The van der Waals surface area contributed by atoms with E-state index in [1.807, 2.05) is 36.4 Å². The molecule has 4 nitrogen and oxygen atoms in total. The Hall–Kier alpha value is -6.65. The van der Waals surface area contributed by atoms with E-state index in [0.29, 0.717) is 17.6 Å². The molecular formula is C52H42N4. The van der Waals surface area contributed by atoms with Crippen LogP contribution in [0.15, 0.2) is 170 Å².